The third-order valence-corrected chi connectivity index (χ3v) is 32.6. The molecule has 0 fully saturated rings. The van der Waals surface area contributed by atoms with Gasteiger partial charge in [0.05, 0.1) is 0 Å². The predicted octanol–water partition coefficient (Wildman–Crippen LogP) is 10.7. The van der Waals surface area contributed by atoms with Crippen LogP contribution in [0.15, 0.2) is 98.8 Å². The Morgan fingerprint density at radius 1 is 0.778 bits per heavy atom. The van der Waals surface area contributed by atoms with Crippen molar-refractivity contribution in [3.8, 4) is 0 Å². The molecule has 2 atom stereocenters. The molecule has 0 aliphatic carbocycles. The molecule has 0 amide bonds. The second-order valence-electron chi connectivity index (χ2n) is 14.1. The molecule has 0 aliphatic rings. The minimum atomic E-state index is -2.94. The molecule has 0 aromatic heterocycles. The molecule has 5 heteroatoms. The summed E-state index contributed by atoms with van der Waals surface area (Å²) in [7, 11) is -3.87. The van der Waals surface area contributed by atoms with Crippen LogP contribution in [0.4, 0.5) is 0 Å². The number of rotatable bonds is 18. The van der Waals surface area contributed by atoms with Crippen LogP contribution in [0.25, 0.3) is 0 Å². The van der Waals surface area contributed by atoms with Crippen molar-refractivity contribution >= 4 is 47.9 Å². The number of hydrogen-bond donors (Lipinski definition) is 0. The van der Waals surface area contributed by atoms with Gasteiger partial charge in [-0.25, -0.2) is 0 Å². The molecule has 0 heterocycles. The fourth-order valence-electron chi connectivity index (χ4n) is 7.01. The molecule has 0 aliphatic heterocycles. The van der Waals surface area contributed by atoms with Gasteiger partial charge in [0, 0.05) is 0 Å². The fourth-order valence-corrected chi connectivity index (χ4v) is 31.7. The minimum absolute atomic E-state index is 0.0125. The van der Waals surface area contributed by atoms with Crippen molar-refractivity contribution in [1.82, 2.24) is 0 Å². The first kappa shape index (κ1) is 38.0. The predicted molar refractivity (Wildman–Crippen MR) is 203 cm³/mol. The molecule has 0 spiro atoms. The van der Waals surface area contributed by atoms with Gasteiger partial charge in [-0.15, -0.1) is 0 Å². The molecule has 45 heavy (non-hydrogen) atoms. The van der Waals surface area contributed by atoms with Gasteiger partial charge in [0.2, 0.25) is 0 Å². The van der Waals surface area contributed by atoms with Crippen molar-refractivity contribution in [3.63, 3.8) is 0 Å². The van der Waals surface area contributed by atoms with Gasteiger partial charge in [0.15, 0.2) is 0 Å². The van der Waals surface area contributed by atoms with Crippen molar-refractivity contribution in [1.29, 1.82) is 0 Å². The first-order valence-corrected chi connectivity index (χ1v) is 28.1. The molecular formula is C40H60O2SSiSn. The van der Waals surface area contributed by atoms with Gasteiger partial charge in [0.1, 0.15) is 0 Å². The van der Waals surface area contributed by atoms with E-state index in [4.69, 9.17) is 4.43 Å². The Kier molecular flexibility index (Phi) is 15.3. The second-order valence-corrected chi connectivity index (χ2v) is 33.1. The molecular weight excluding hydrogens is 691 g/mol. The van der Waals surface area contributed by atoms with E-state index in [1.54, 1.807) is 3.59 Å². The summed E-state index contributed by atoms with van der Waals surface area (Å²) < 4.78 is 27.4. The molecule has 2 unspecified atom stereocenters. The SMILES string of the molecule is CCC[CH2][Sn]([CH2]CCC)([CH2]CCC)/[C](=C/S(=O)c1ccc(C)cc1)CC(C)O[Si](c1ccccc1)(c1ccccc1)C(C)(C)C. The Balaban J connectivity index is 2.18. The van der Waals surface area contributed by atoms with Crippen LogP contribution in [0.5, 0.6) is 0 Å². The molecule has 3 aromatic rings. The number of unbranched alkanes of at least 4 members (excludes halogenated alkanes) is 3. The van der Waals surface area contributed by atoms with Crippen molar-refractivity contribution < 1.29 is 8.63 Å². The van der Waals surface area contributed by atoms with Crippen LogP contribution in [-0.4, -0.2) is 37.0 Å². The van der Waals surface area contributed by atoms with Crippen LogP contribution in [0, 0.1) is 6.92 Å². The van der Waals surface area contributed by atoms with Crippen LogP contribution >= 0.6 is 0 Å². The zero-order valence-corrected chi connectivity index (χ0v) is 34.2. The maximum atomic E-state index is 14.1. The normalized spacial score (nSPS) is 14.4. The van der Waals surface area contributed by atoms with Gasteiger partial charge in [-0.05, 0) is 0 Å². The summed E-state index contributed by atoms with van der Waals surface area (Å²) in [6.07, 6.45) is 8.40. The Labute approximate surface area is 283 Å². The Bertz CT molecular complexity index is 1270. The zero-order chi connectivity index (χ0) is 32.9. The summed E-state index contributed by atoms with van der Waals surface area (Å²) in [6.45, 7) is 18.5. The molecule has 0 saturated heterocycles. The van der Waals surface area contributed by atoms with Gasteiger partial charge in [0.25, 0.3) is 0 Å². The summed E-state index contributed by atoms with van der Waals surface area (Å²) in [5.41, 5.74) is 1.20. The van der Waals surface area contributed by atoms with Crippen molar-refractivity contribution in [3.05, 3.63) is 99.5 Å². The third kappa shape index (κ3) is 10.0. The summed E-state index contributed by atoms with van der Waals surface area (Å²) in [6, 6.07) is 30.3. The van der Waals surface area contributed by atoms with Gasteiger partial charge >= 0.3 is 286 Å². The molecule has 246 valence electrons. The van der Waals surface area contributed by atoms with E-state index in [1.165, 1.54) is 67.8 Å². The van der Waals surface area contributed by atoms with E-state index in [0.717, 1.165) is 11.3 Å². The molecule has 2 nitrogen and oxygen atoms in total. The van der Waals surface area contributed by atoms with E-state index in [9.17, 15) is 4.21 Å². The van der Waals surface area contributed by atoms with Crippen LogP contribution in [-0.2, 0) is 15.2 Å². The molecule has 0 saturated carbocycles. The average Bonchev–Trinajstić information content (AvgIpc) is 3.03. The Morgan fingerprint density at radius 2 is 1.22 bits per heavy atom. The first-order valence-electron chi connectivity index (χ1n) is 17.5. The fraction of sp³-hybridized carbons (Fsp3) is 0.500. The molecule has 3 aromatic carbocycles. The van der Waals surface area contributed by atoms with E-state index in [0.29, 0.717) is 0 Å². The molecule has 0 bridgehead atoms. The van der Waals surface area contributed by atoms with Crippen molar-refractivity contribution in [2.75, 3.05) is 0 Å². The van der Waals surface area contributed by atoms with Crippen LogP contribution in [0.1, 0.15) is 99.0 Å². The van der Waals surface area contributed by atoms with Gasteiger partial charge < -0.3 is 0 Å². The Morgan fingerprint density at radius 3 is 1.62 bits per heavy atom. The quantitative estimate of drug-likeness (QED) is 0.121. The monoisotopic (exact) mass is 752 g/mol. The zero-order valence-electron chi connectivity index (χ0n) is 29.5. The molecule has 0 radical (unpaired) electrons. The van der Waals surface area contributed by atoms with Crippen molar-refractivity contribution in [2.45, 2.75) is 130 Å². The molecule has 0 N–H and O–H groups in total. The summed E-state index contributed by atoms with van der Waals surface area (Å²) in [4.78, 5) is 0.917. The number of hydrogen-bond acceptors (Lipinski definition) is 2. The van der Waals surface area contributed by atoms with Crippen LogP contribution < -0.4 is 10.4 Å². The van der Waals surface area contributed by atoms with Gasteiger partial charge in [-0.3, -0.25) is 0 Å². The van der Waals surface area contributed by atoms with Crippen LogP contribution in [0.2, 0.25) is 18.3 Å². The molecule has 3 rings (SSSR count). The van der Waals surface area contributed by atoms with Crippen LogP contribution in [0.3, 0.4) is 0 Å². The van der Waals surface area contributed by atoms with E-state index in [2.05, 4.69) is 146 Å². The van der Waals surface area contributed by atoms with E-state index < -0.39 is 37.5 Å². The number of benzene rings is 3. The first-order chi connectivity index (χ1) is 21.5. The van der Waals surface area contributed by atoms with E-state index >= 15 is 0 Å². The van der Waals surface area contributed by atoms with E-state index in [1.807, 2.05) is 0 Å². The second kappa shape index (κ2) is 18.2. The topological polar surface area (TPSA) is 26.3 Å². The maximum absolute atomic E-state index is 14.1. The summed E-state index contributed by atoms with van der Waals surface area (Å²) in [5, 5.41) is 4.81. The number of aryl methyl sites for hydroxylation is 1. The average molecular weight is 752 g/mol. The van der Waals surface area contributed by atoms with Gasteiger partial charge in [-0.2, -0.15) is 0 Å². The van der Waals surface area contributed by atoms with Gasteiger partial charge in [-0.1, -0.05) is 0 Å². The Hall–Kier alpha value is -1.47. The summed E-state index contributed by atoms with van der Waals surface area (Å²) in [5.74, 6) is 0. The standard InChI is InChI=1S/C28H33O2SSi.3C4H9.Sn/c1-23-18-20-25(21-19-23)31(29)22-12-13-24(2)30-32(28(3,4)5,26-14-8-6-9-15-26)27-16-10-7-11-17-27;3*1-3-4-2;/h6-11,14-22,24H,13H2,1-5H3;3*1,3-4H2,2H3;. The third-order valence-electron chi connectivity index (χ3n) is 9.51. The van der Waals surface area contributed by atoms with E-state index in [-0.39, 0.29) is 11.1 Å². The van der Waals surface area contributed by atoms with Crippen molar-refractivity contribution in [2.24, 2.45) is 0 Å². The summed E-state index contributed by atoms with van der Waals surface area (Å²) >= 11 is -2.94.